The normalized spacial score (nSPS) is 19.1. The number of hydrogen-bond donors (Lipinski definition) is 1. The molecule has 0 saturated heterocycles. The summed E-state index contributed by atoms with van der Waals surface area (Å²) in [5.41, 5.74) is 5.70. The molecule has 0 fully saturated rings. The maximum absolute atomic E-state index is 5.70. The van der Waals surface area contributed by atoms with E-state index >= 15 is 0 Å². The molecule has 0 amide bonds. The quantitative estimate of drug-likeness (QED) is 0.398. The van der Waals surface area contributed by atoms with E-state index in [1.165, 1.54) is 0 Å². The summed E-state index contributed by atoms with van der Waals surface area (Å²) in [4.78, 5) is 0. The van der Waals surface area contributed by atoms with Crippen molar-refractivity contribution in [2.24, 2.45) is 11.7 Å². The maximum atomic E-state index is 5.70. The van der Waals surface area contributed by atoms with E-state index in [4.69, 9.17) is 10.5 Å². The predicted octanol–water partition coefficient (Wildman–Crippen LogP) is -0.733. The third-order valence-corrected chi connectivity index (χ3v) is 3.15. The van der Waals surface area contributed by atoms with Gasteiger partial charge in [-0.05, 0) is 5.92 Å². The summed E-state index contributed by atoms with van der Waals surface area (Å²) in [6, 6.07) is 0. The average Bonchev–Trinajstić information content (AvgIpc) is 1.67. The fourth-order valence-corrected chi connectivity index (χ4v) is 0.236. The van der Waals surface area contributed by atoms with Crippen LogP contribution in [0.4, 0.5) is 0 Å². The molecule has 0 aromatic heterocycles. The first-order valence-corrected chi connectivity index (χ1v) is 3.84. The zero-order chi connectivity index (χ0) is 6.78. The van der Waals surface area contributed by atoms with Gasteiger partial charge in [0.05, 0.1) is 15.6 Å². The van der Waals surface area contributed by atoms with Gasteiger partial charge in [-0.25, -0.2) is 0 Å². The molecule has 0 aliphatic heterocycles. The molecule has 0 aliphatic rings. The van der Waals surface area contributed by atoms with Crippen molar-refractivity contribution in [3.63, 3.8) is 0 Å². The van der Waals surface area contributed by atoms with Crippen LogP contribution < -0.4 is 5.73 Å². The van der Waals surface area contributed by atoms with Gasteiger partial charge >= 0.3 is 0 Å². The van der Waals surface area contributed by atoms with Gasteiger partial charge in [-0.1, -0.05) is 13.8 Å². The van der Waals surface area contributed by atoms with Crippen LogP contribution >= 0.6 is 0 Å². The van der Waals surface area contributed by atoms with Crippen molar-refractivity contribution in [1.29, 1.82) is 0 Å². The van der Waals surface area contributed by atoms with E-state index in [0.29, 0.717) is 5.92 Å². The summed E-state index contributed by atoms with van der Waals surface area (Å²) in [5, 5.41) is -0.319. The van der Waals surface area contributed by atoms with Gasteiger partial charge in [-0.2, -0.15) is 0 Å². The van der Waals surface area contributed by atoms with Crippen molar-refractivity contribution in [2.75, 3.05) is 7.11 Å². The van der Waals surface area contributed by atoms with Crippen LogP contribution in [0.25, 0.3) is 0 Å². The molecule has 2 N–H and O–H groups in total. The Kier molecular flexibility index (Phi) is 2.66. The van der Waals surface area contributed by atoms with Crippen molar-refractivity contribution < 1.29 is 4.74 Å². The van der Waals surface area contributed by atoms with Gasteiger partial charge in [-0.15, -0.1) is 0 Å². The van der Waals surface area contributed by atoms with Crippen LogP contribution in [-0.2, 0) is 4.74 Å². The predicted molar refractivity (Wildman–Crippen MR) is 38.7 cm³/mol. The fourth-order valence-electron chi connectivity index (χ4n) is 0.236. The topological polar surface area (TPSA) is 35.2 Å². The third-order valence-electron chi connectivity index (χ3n) is 1.59. The van der Waals surface area contributed by atoms with Crippen LogP contribution in [0.1, 0.15) is 13.8 Å². The lowest BCUT2D eigenvalue weighted by molar-refractivity contribution is 0.0302. The molecule has 0 spiro atoms. The van der Waals surface area contributed by atoms with Gasteiger partial charge in [0.1, 0.15) is 0 Å². The van der Waals surface area contributed by atoms with Crippen molar-refractivity contribution >= 4 is 10.2 Å². The largest absolute Gasteiger partial charge is 0.368 e. The SMILES string of the molecule is COC(N)([SiH3])C(C)C. The zero-order valence-corrected chi connectivity index (χ0v) is 8.06. The standard InChI is InChI=1S/C5H15NOSi/c1-4(2)5(6,8)7-3/h4H,6H2,1-3,8H3. The molecule has 2 nitrogen and oxygen atoms in total. The fraction of sp³-hybridized carbons (Fsp3) is 1.00. The van der Waals surface area contributed by atoms with Crippen molar-refractivity contribution in [2.45, 2.75) is 19.2 Å². The van der Waals surface area contributed by atoms with Crippen LogP contribution in [0.3, 0.4) is 0 Å². The number of ether oxygens (including phenoxy) is 1. The monoisotopic (exact) mass is 133 g/mol. The van der Waals surface area contributed by atoms with Crippen LogP contribution in [0.15, 0.2) is 0 Å². The highest BCUT2D eigenvalue weighted by Gasteiger charge is 2.20. The highest BCUT2D eigenvalue weighted by molar-refractivity contribution is 6.14. The molecule has 0 aromatic carbocycles. The molecule has 1 atom stereocenters. The molecular weight excluding hydrogens is 118 g/mol. The molecule has 0 saturated carbocycles. The molecule has 50 valence electrons. The Morgan fingerprint density at radius 1 is 1.62 bits per heavy atom. The Hall–Kier alpha value is 0.137. The number of rotatable bonds is 2. The smallest absolute Gasteiger partial charge is 0.0940 e. The van der Waals surface area contributed by atoms with Gasteiger partial charge in [0.25, 0.3) is 0 Å². The minimum Gasteiger partial charge on any atom is -0.368 e. The molecule has 0 radical (unpaired) electrons. The zero-order valence-electron chi connectivity index (χ0n) is 6.06. The van der Waals surface area contributed by atoms with Gasteiger partial charge in [0, 0.05) is 7.11 Å². The average molecular weight is 133 g/mol. The minimum atomic E-state index is -0.319. The van der Waals surface area contributed by atoms with Crippen LogP contribution in [-0.4, -0.2) is 22.7 Å². The number of nitrogens with two attached hydrogens (primary N) is 1. The minimum absolute atomic E-state index is 0.319. The lowest BCUT2D eigenvalue weighted by Gasteiger charge is -2.27. The molecule has 1 unspecified atom stereocenters. The lowest BCUT2D eigenvalue weighted by atomic mass is 10.2. The summed E-state index contributed by atoms with van der Waals surface area (Å²) in [6.45, 7) is 4.13. The highest BCUT2D eigenvalue weighted by Crippen LogP contribution is 2.08. The second kappa shape index (κ2) is 2.62. The Bertz CT molecular complexity index is 72.8. The van der Waals surface area contributed by atoms with E-state index in [1.54, 1.807) is 7.11 Å². The van der Waals surface area contributed by atoms with E-state index in [-0.39, 0.29) is 5.35 Å². The summed E-state index contributed by atoms with van der Waals surface area (Å²) < 4.78 is 5.04. The van der Waals surface area contributed by atoms with E-state index in [2.05, 4.69) is 13.8 Å². The second-order valence-corrected chi connectivity index (χ2v) is 4.11. The van der Waals surface area contributed by atoms with Crippen LogP contribution in [0.2, 0.25) is 0 Å². The van der Waals surface area contributed by atoms with Crippen molar-refractivity contribution in [3.05, 3.63) is 0 Å². The Labute approximate surface area is 53.8 Å². The Balaban J connectivity index is 3.71. The van der Waals surface area contributed by atoms with Gasteiger partial charge in [0.15, 0.2) is 0 Å². The van der Waals surface area contributed by atoms with E-state index < -0.39 is 0 Å². The van der Waals surface area contributed by atoms with E-state index in [9.17, 15) is 0 Å². The van der Waals surface area contributed by atoms with E-state index in [0.717, 1.165) is 10.2 Å². The van der Waals surface area contributed by atoms with Crippen molar-refractivity contribution in [3.8, 4) is 0 Å². The van der Waals surface area contributed by atoms with Crippen molar-refractivity contribution in [1.82, 2.24) is 0 Å². The van der Waals surface area contributed by atoms with Gasteiger partial charge in [-0.3, -0.25) is 0 Å². The Morgan fingerprint density at radius 2 is 2.00 bits per heavy atom. The molecule has 0 heterocycles. The van der Waals surface area contributed by atoms with Gasteiger partial charge in [0.2, 0.25) is 0 Å². The Morgan fingerprint density at radius 3 is 2.00 bits per heavy atom. The summed E-state index contributed by atoms with van der Waals surface area (Å²) in [5.74, 6) is 0.430. The first-order valence-electron chi connectivity index (χ1n) is 2.84. The first kappa shape index (κ1) is 8.14. The summed E-state index contributed by atoms with van der Waals surface area (Å²) in [6.07, 6.45) is 0. The van der Waals surface area contributed by atoms with Gasteiger partial charge < -0.3 is 10.5 Å². The summed E-state index contributed by atoms with van der Waals surface area (Å²) >= 11 is 0. The highest BCUT2D eigenvalue weighted by atomic mass is 28.1. The van der Waals surface area contributed by atoms with E-state index in [1.807, 2.05) is 0 Å². The number of methoxy groups -OCH3 is 1. The molecular formula is C5H15NOSi. The molecule has 0 bridgehead atoms. The lowest BCUT2D eigenvalue weighted by Crippen LogP contribution is -2.47. The maximum Gasteiger partial charge on any atom is 0.0940 e. The van der Waals surface area contributed by atoms with Crippen LogP contribution in [0.5, 0.6) is 0 Å². The van der Waals surface area contributed by atoms with Crippen LogP contribution in [0, 0.1) is 5.92 Å². The molecule has 8 heavy (non-hydrogen) atoms. The second-order valence-electron chi connectivity index (χ2n) is 2.54. The number of hydrogen-bond acceptors (Lipinski definition) is 2. The molecule has 3 heteroatoms. The molecule has 0 aromatic rings. The summed E-state index contributed by atoms with van der Waals surface area (Å²) in [7, 11) is 2.55. The molecule has 0 aliphatic carbocycles. The first-order chi connectivity index (χ1) is 3.50. The third kappa shape index (κ3) is 1.94. The molecule has 0 rings (SSSR count).